The van der Waals surface area contributed by atoms with E-state index in [4.69, 9.17) is 5.73 Å². The third-order valence-corrected chi connectivity index (χ3v) is 4.66. The lowest BCUT2D eigenvalue weighted by Gasteiger charge is -2.26. The maximum atomic E-state index is 11.5. The van der Waals surface area contributed by atoms with Crippen molar-refractivity contribution in [2.24, 2.45) is 10.1 Å². The van der Waals surface area contributed by atoms with Gasteiger partial charge in [-0.2, -0.15) is 8.42 Å². The predicted octanol–water partition coefficient (Wildman–Crippen LogP) is 1.81. The van der Waals surface area contributed by atoms with Gasteiger partial charge >= 0.3 is 10.2 Å². The van der Waals surface area contributed by atoms with Gasteiger partial charge in [-0.3, -0.25) is 4.72 Å². The topological polar surface area (TPSA) is 96.6 Å². The van der Waals surface area contributed by atoms with Gasteiger partial charge in [-0.05, 0) is 25.0 Å². The van der Waals surface area contributed by atoms with E-state index in [2.05, 4.69) is 14.4 Å². The monoisotopic (exact) mass is 294 g/mol. The number of rotatable bonds is 2. The number of hydrogen-bond acceptors (Lipinski definition) is 4. The lowest BCUT2D eigenvalue weighted by molar-refractivity contribution is 0.462. The predicted molar refractivity (Wildman–Crippen MR) is 80.2 cm³/mol. The molecule has 3 rings (SSSR count). The second kappa shape index (κ2) is 4.97. The van der Waals surface area contributed by atoms with Gasteiger partial charge in [0.05, 0.1) is 11.3 Å². The van der Waals surface area contributed by atoms with Crippen LogP contribution in [0, 0.1) is 0 Å². The zero-order chi connectivity index (χ0) is 14.2. The molecule has 0 bridgehead atoms. The van der Waals surface area contributed by atoms with Crippen molar-refractivity contribution in [1.29, 1.82) is 0 Å². The summed E-state index contributed by atoms with van der Waals surface area (Å²) >= 11 is 0. The highest BCUT2D eigenvalue weighted by Gasteiger charge is 2.24. The van der Waals surface area contributed by atoms with Crippen LogP contribution in [0.5, 0.6) is 0 Å². The van der Waals surface area contributed by atoms with Crippen molar-refractivity contribution < 1.29 is 8.42 Å². The normalized spacial score (nSPS) is 21.5. The van der Waals surface area contributed by atoms with E-state index in [9.17, 15) is 8.42 Å². The Morgan fingerprint density at radius 2 is 2.00 bits per heavy atom. The highest BCUT2D eigenvalue weighted by molar-refractivity contribution is 7.91. The third-order valence-electron chi connectivity index (χ3n) is 3.74. The number of anilines is 2. The molecular formula is C13H18N4O2S. The smallest absolute Gasteiger partial charge is 0.344 e. The Balaban J connectivity index is 1.94. The van der Waals surface area contributed by atoms with Crippen LogP contribution in [0.25, 0.3) is 0 Å². The van der Waals surface area contributed by atoms with Gasteiger partial charge in [0, 0.05) is 11.7 Å². The summed E-state index contributed by atoms with van der Waals surface area (Å²) in [6.07, 6.45) is 6.00. The fourth-order valence-electron chi connectivity index (χ4n) is 2.84. The molecular weight excluding hydrogens is 276 g/mol. The molecule has 1 heterocycles. The fourth-order valence-corrected chi connectivity index (χ4v) is 3.68. The highest BCUT2D eigenvalue weighted by atomic mass is 32.2. The van der Waals surface area contributed by atoms with Crippen molar-refractivity contribution >= 4 is 27.4 Å². The first-order valence-electron chi connectivity index (χ1n) is 6.83. The van der Waals surface area contributed by atoms with Crippen LogP contribution in [-0.4, -0.2) is 20.3 Å². The zero-order valence-corrected chi connectivity index (χ0v) is 11.9. The van der Waals surface area contributed by atoms with Crippen molar-refractivity contribution in [3.8, 4) is 0 Å². The minimum Gasteiger partial charge on any atom is -0.382 e. The summed E-state index contributed by atoms with van der Waals surface area (Å²) in [5.74, 6) is 0.0395. The molecule has 1 aromatic carbocycles. The molecule has 1 fully saturated rings. The SMILES string of the molecule is NC1=NS(=O)(=O)Nc2cccc(NC3CCCCC3)c21. The molecule has 1 aromatic rings. The van der Waals surface area contributed by atoms with Crippen molar-refractivity contribution in [2.45, 2.75) is 38.1 Å². The summed E-state index contributed by atoms with van der Waals surface area (Å²) in [5, 5.41) is 3.47. The standard InChI is InChI=1S/C13H18N4O2S/c14-13-12-10(15-9-5-2-1-3-6-9)7-4-8-11(12)16-20(18,19)17-13/h4,7-9,15-16H,1-3,5-6H2,(H2,14,17). The van der Waals surface area contributed by atoms with Gasteiger partial charge in [0.1, 0.15) is 5.84 Å². The quantitative estimate of drug-likeness (QED) is 0.775. The molecule has 0 unspecified atom stereocenters. The molecule has 2 aliphatic rings. The van der Waals surface area contributed by atoms with Crippen LogP contribution in [0.15, 0.2) is 22.6 Å². The summed E-state index contributed by atoms with van der Waals surface area (Å²) in [7, 11) is -3.71. The van der Waals surface area contributed by atoms with E-state index in [1.807, 2.05) is 12.1 Å². The van der Waals surface area contributed by atoms with Crippen LogP contribution >= 0.6 is 0 Å². The number of benzene rings is 1. The van der Waals surface area contributed by atoms with Crippen molar-refractivity contribution in [1.82, 2.24) is 0 Å². The molecule has 108 valence electrons. The Morgan fingerprint density at radius 1 is 1.25 bits per heavy atom. The van der Waals surface area contributed by atoms with Gasteiger partial charge in [-0.15, -0.1) is 4.40 Å². The minimum absolute atomic E-state index is 0.0395. The van der Waals surface area contributed by atoms with Gasteiger partial charge in [-0.1, -0.05) is 25.3 Å². The Kier molecular flexibility index (Phi) is 3.29. The molecule has 20 heavy (non-hydrogen) atoms. The van der Waals surface area contributed by atoms with Gasteiger partial charge < -0.3 is 11.1 Å². The first-order valence-corrected chi connectivity index (χ1v) is 8.27. The van der Waals surface area contributed by atoms with Gasteiger partial charge in [0.15, 0.2) is 0 Å². The lowest BCUT2D eigenvalue weighted by atomic mass is 9.95. The first kappa shape index (κ1) is 13.2. The van der Waals surface area contributed by atoms with E-state index in [1.54, 1.807) is 6.07 Å². The molecule has 0 saturated heterocycles. The van der Waals surface area contributed by atoms with Crippen molar-refractivity contribution in [2.75, 3.05) is 10.0 Å². The Bertz CT molecular complexity index is 648. The summed E-state index contributed by atoms with van der Waals surface area (Å²) in [4.78, 5) is 0. The zero-order valence-electron chi connectivity index (χ0n) is 11.1. The highest BCUT2D eigenvalue weighted by Crippen LogP contribution is 2.31. The van der Waals surface area contributed by atoms with Crippen LogP contribution in [0.1, 0.15) is 37.7 Å². The van der Waals surface area contributed by atoms with Gasteiger partial charge in [-0.25, -0.2) is 0 Å². The number of amidine groups is 1. The maximum Gasteiger partial charge on any atom is 0.344 e. The molecule has 6 nitrogen and oxygen atoms in total. The molecule has 7 heteroatoms. The van der Waals surface area contributed by atoms with Crippen molar-refractivity contribution in [3.05, 3.63) is 23.8 Å². The van der Waals surface area contributed by atoms with Crippen LogP contribution in [0.3, 0.4) is 0 Å². The van der Waals surface area contributed by atoms with Gasteiger partial charge in [0.25, 0.3) is 0 Å². The van der Waals surface area contributed by atoms with E-state index in [1.165, 1.54) is 19.3 Å². The second-order valence-corrected chi connectivity index (χ2v) is 6.60. The van der Waals surface area contributed by atoms with Crippen LogP contribution < -0.4 is 15.8 Å². The Morgan fingerprint density at radius 3 is 2.75 bits per heavy atom. The largest absolute Gasteiger partial charge is 0.382 e. The van der Waals surface area contributed by atoms with Crippen molar-refractivity contribution in [3.63, 3.8) is 0 Å². The molecule has 0 spiro atoms. The Labute approximate surface area is 118 Å². The average Bonchev–Trinajstić information content (AvgIpc) is 2.38. The van der Waals surface area contributed by atoms with E-state index in [-0.39, 0.29) is 5.84 Å². The lowest BCUT2D eigenvalue weighted by Crippen LogP contribution is -2.29. The van der Waals surface area contributed by atoms with Gasteiger partial charge in [0.2, 0.25) is 0 Å². The first-order chi connectivity index (χ1) is 9.55. The molecule has 0 atom stereocenters. The van der Waals surface area contributed by atoms with E-state index < -0.39 is 10.2 Å². The molecule has 0 amide bonds. The van der Waals surface area contributed by atoms with Crippen LogP contribution in [0.2, 0.25) is 0 Å². The summed E-state index contributed by atoms with van der Waals surface area (Å²) in [5.41, 5.74) is 7.79. The molecule has 1 saturated carbocycles. The summed E-state index contributed by atoms with van der Waals surface area (Å²) < 4.78 is 29.0. The van der Waals surface area contributed by atoms with Crippen LogP contribution in [0.4, 0.5) is 11.4 Å². The second-order valence-electron chi connectivity index (χ2n) is 5.26. The fraction of sp³-hybridized carbons (Fsp3) is 0.462. The van der Waals surface area contributed by atoms with Crippen LogP contribution in [-0.2, 0) is 10.2 Å². The number of nitrogens with zero attached hydrogens (tertiary/aromatic N) is 1. The molecule has 4 N–H and O–H groups in total. The minimum atomic E-state index is -3.71. The van der Waals surface area contributed by atoms with E-state index in [0.717, 1.165) is 18.5 Å². The molecule has 1 aliphatic heterocycles. The maximum absolute atomic E-state index is 11.5. The third kappa shape index (κ3) is 2.58. The number of nitrogens with two attached hydrogens (primary N) is 1. The molecule has 1 aliphatic carbocycles. The number of hydrogen-bond donors (Lipinski definition) is 3. The van der Waals surface area contributed by atoms with E-state index in [0.29, 0.717) is 17.3 Å². The molecule has 0 aromatic heterocycles. The molecule has 0 radical (unpaired) electrons. The van der Waals surface area contributed by atoms with E-state index >= 15 is 0 Å². The number of fused-ring (bicyclic) bond motifs is 1. The Hall–Kier alpha value is -1.76. The summed E-state index contributed by atoms with van der Waals surface area (Å²) in [6, 6.07) is 5.84. The summed E-state index contributed by atoms with van der Waals surface area (Å²) in [6.45, 7) is 0. The number of nitrogens with one attached hydrogen (secondary N) is 2. The average molecular weight is 294 g/mol.